The Morgan fingerprint density at radius 3 is 2.17 bits per heavy atom. The molecule has 0 saturated carbocycles. The summed E-state index contributed by atoms with van der Waals surface area (Å²) in [6, 6.07) is 25.2. The lowest BCUT2D eigenvalue weighted by atomic mass is 9.83. The molecule has 1 heterocycles. The molecular weight excluding hydrogens is 374 g/mol. The van der Waals surface area contributed by atoms with Gasteiger partial charge in [-0.05, 0) is 53.4 Å². The number of para-hydroxylation sites is 1. The van der Waals surface area contributed by atoms with Crippen LogP contribution in [0.2, 0.25) is 0 Å². The lowest BCUT2D eigenvalue weighted by Crippen LogP contribution is -2.29. The van der Waals surface area contributed by atoms with Crippen molar-refractivity contribution >= 4 is 17.3 Å². The van der Waals surface area contributed by atoms with Crippen LogP contribution in [-0.2, 0) is 10.2 Å². The van der Waals surface area contributed by atoms with Crippen molar-refractivity contribution in [2.45, 2.75) is 32.3 Å². The number of carbonyl (C=O) groups excluding carboxylic acids is 1. The summed E-state index contributed by atoms with van der Waals surface area (Å²) in [5, 5.41) is 0. The number of hydrogen-bond donors (Lipinski definition) is 0. The van der Waals surface area contributed by atoms with Crippen molar-refractivity contribution in [3.8, 4) is 5.75 Å². The van der Waals surface area contributed by atoms with Gasteiger partial charge in [0.1, 0.15) is 18.5 Å². The van der Waals surface area contributed by atoms with Crippen LogP contribution >= 0.6 is 0 Å². The summed E-state index contributed by atoms with van der Waals surface area (Å²) >= 11 is 0. The maximum atomic E-state index is 13.8. The second-order valence-electron chi connectivity index (χ2n) is 8.53. The molecule has 1 fully saturated rings. The average molecular weight is 402 g/mol. The van der Waals surface area contributed by atoms with Gasteiger partial charge in [0.25, 0.3) is 5.91 Å². The first-order valence-electron chi connectivity index (χ1n) is 10.3. The van der Waals surface area contributed by atoms with E-state index in [2.05, 4.69) is 20.8 Å². The first-order chi connectivity index (χ1) is 14.4. The number of amides is 1. The zero-order valence-corrected chi connectivity index (χ0v) is 17.7. The van der Waals surface area contributed by atoms with Crippen LogP contribution in [0.15, 0.2) is 78.9 Å². The van der Waals surface area contributed by atoms with Crippen LogP contribution in [0, 0.1) is 0 Å². The van der Waals surface area contributed by atoms with Crippen molar-refractivity contribution in [3.63, 3.8) is 0 Å². The number of rotatable bonds is 6. The van der Waals surface area contributed by atoms with Crippen LogP contribution in [0.3, 0.4) is 0 Å². The Hall–Kier alpha value is -3.11. The third-order valence-electron chi connectivity index (χ3n) is 5.12. The van der Waals surface area contributed by atoms with Gasteiger partial charge in [-0.3, -0.25) is 9.69 Å². The Labute approximate surface area is 178 Å². The maximum absolute atomic E-state index is 13.8. The number of epoxide rings is 1. The molecule has 1 amide bonds. The van der Waals surface area contributed by atoms with Crippen LogP contribution in [0.4, 0.5) is 11.4 Å². The largest absolute Gasteiger partial charge is 0.491 e. The highest BCUT2D eigenvalue weighted by molar-refractivity contribution is 6.11. The molecule has 3 aromatic rings. The van der Waals surface area contributed by atoms with E-state index < -0.39 is 0 Å². The van der Waals surface area contributed by atoms with Gasteiger partial charge in [-0.15, -0.1) is 0 Å². The van der Waals surface area contributed by atoms with Gasteiger partial charge >= 0.3 is 0 Å². The molecule has 30 heavy (non-hydrogen) atoms. The Morgan fingerprint density at radius 1 is 0.933 bits per heavy atom. The summed E-state index contributed by atoms with van der Waals surface area (Å²) in [5.74, 6) is 0.719. The van der Waals surface area contributed by atoms with Crippen molar-refractivity contribution in [1.82, 2.24) is 0 Å². The minimum Gasteiger partial charge on any atom is -0.491 e. The fourth-order valence-corrected chi connectivity index (χ4v) is 3.45. The molecule has 1 atom stereocenters. The van der Waals surface area contributed by atoms with Crippen LogP contribution in [0.1, 0.15) is 36.7 Å². The summed E-state index contributed by atoms with van der Waals surface area (Å²) < 4.78 is 10.9. The summed E-state index contributed by atoms with van der Waals surface area (Å²) in [4.78, 5) is 15.6. The van der Waals surface area contributed by atoms with Gasteiger partial charge in [0.15, 0.2) is 0 Å². The number of ether oxygens (including phenoxy) is 2. The lowest BCUT2D eigenvalue weighted by molar-refractivity contribution is 0.0997. The van der Waals surface area contributed by atoms with Gasteiger partial charge in [0, 0.05) is 16.9 Å². The first-order valence-corrected chi connectivity index (χ1v) is 10.3. The molecule has 1 saturated heterocycles. The van der Waals surface area contributed by atoms with E-state index in [-0.39, 0.29) is 17.4 Å². The predicted molar refractivity (Wildman–Crippen MR) is 120 cm³/mol. The van der Waals surface area contributed by atoms with Gasteiger partial charge in [-0.2, -0.15) is 0 Å². The SMILES string of the molecule is CC(C)(C)c1ccccc1C(=O)N(c1ccccc1)c1ccc(OCC2CO2)cc1. The molecule has 0 aliphatic carbocycles. The lowest BCUT2D eigenvalue weighted by Gasteiger charge is -2.27. The summed E-state index contributed by atoms with van der Waals surface area (Å²) in [6.07, 6.45) is 0.209. The monoisotopic (exact) mass is 401 g/mol. The van der Waals surface area contributed by atoms with Crippen LogP contribution < -0.4 is 9.64 Å². The normalized spacial score (nSPS) is 15.5. The molecule has 3 aromatic carbocycles. The molecule has 0 aromatic heterocycles. The van der Waals surface area contributed by atoms with Crippen molar-refractivity contribution in [2.24, 2.45) is 0 Å². The fourth-order valence-electron chi connectivity index (χ4n) is 3.45. The van der Waals surface area contributed by atoms with Crippen molar-refractivity contribution < 1.29 is 14.3 Å². The Kier molecular flexibility index (Phi) is 5.60. The minimum atomic E-state index is -0.142. The molecule has 4 nitrogen and oxygen atoms in total. The molecule has 0 spiro atoms. The van der Waals surface area contributed by atoms with E-state index in [0.717, 1.165) is 29.3 Å². The molecular formula is C26H27NO3. The highest BCUT2D eigenvalue weighted by atomic mass is 16.6. The molecule has 1 unspecified atom stereocenters. The third-order valence-corrected chi connectivity index (χ3v) is 5.12. The number of nitrogens with zero attached hydrogens (tertiary/aromatic N) is 1. The van der Waals surface area contributed by atoms with E-state index in [1.54, 1.807) is 4.90 Å². The average Bonchev–Trinajstić information content (AvgIpc) is 3.58. The second-order valence-corrected chi connectivity index (χ2v) is 8.53. The van der Waals surface area contributed by atoms with Gasteiger partial charge < -0.3 is 9.47 Å². The number of benzene rings is 3. The first kappa shape index (κ1) is 20.2. The molecule has 154 valence electrons. The number of carbonyl (C=O) groups is 1. The zero-order valence-electron chi connectivity index (χ0n) is 17.7. The molecule has 0 bridgehead atoms. The summed E-state index contributed by atoms with van der Waals surface area (Å²) in [5.41, 5.74) is 3.22. The number of anilines is 2. The highest BCUT2D eigenvalue weighted by Crippen LogP contribution is 2.32. The van der Waals surface area contributed by atoms with E-state index >= 15 is 0 Å². The van der Waals surface area contributed by atoms with Crippen LogP contribution in [0.5, 0.6) is 5.75 Å². The quantitative estimate of drug-likeness (QED) is 0.495. The Bertz CT molecular complexity index is 1000. The van der Waals surface area contributed by atoms with Crippen LogP contribution in [0.25, 0.3) is 0 Å². The van der Waals surface area contributed by atoms with Crippen LogP contribution in [-0.4, -0.2) is 25.2 Å². The smallest absolute Gasteiger partial charge is 0.263 e. The second kappa shape index (κ2) is 8.33. The van der Waals surface area contributed by atoms with Crippen molar-refractivity contribution in [3.05, 3.63) is 90.0 Å². The van der Waals surface area contributed by atoms with Crippen molar-refractivity contribution in [2.75, 3.05) is 18.1 Å². The summed E-state index contributed by atoms with van der Waals surface area (Å²) in [6.45, 7) is 7.70. The Morgan fingerprint density at radius 2 is 1.53 bits per heavy atom. The van der Waals surface area contributed by atoms with Gasteiger partial charge in [-0.1, -0.05) is 57.2 Å². The van der Waals surface area contributed by atoms with E-state index in [1.807, 2.05) is 78.9 Å². The predicted octanol–water partition coefficient (Wildman–Crippen LogP) is 5.74. The van der Waals surface area contributed by atoms with Gasteiger partial charge in [0.05, 0.1) is 6.61 Å². The van der Waals surface area contributed by atoms with E-state index in [9.17, 15) is 4.79 Å². The van der Waals surface area contributed by atoms with Gasteiger partial charge in [-0.25, -0.2) is 0 Å². The molecule has 1 aliphatic heterocycles. The highest BCUT2D eigenvalue weighted by Gasteiger charge is 2.27. The summed E-state index contributed by atoms with van der Waals surface area (Å²) in [7, 11) is 0. The zero-order chi connectivity index (χ0) is 21.1. The third kappa shape index (κ3) is 4.55. The molecule has 4 heteroatoms. The van der Waals surface area contributed by atoms with Crippen molar-refractivity contribution in [1.29, 1.82) is 0 Å². The van der Waals surface area contributed by atoms with E-state index in [0.29, 0.717) is 12.2 Å². The standard InChI is InChI=1S/C26H27NO3/c1-26(2,3)24-12-8-7-11-23(24)25(28)27(19-9-5-4-6-10-19)20-13-15-21(16-14-20)29-17-22-18-30-22/h4-16,22H,17-18H2,1-3H3. The minimum absolute atomic E-state index is 0.0493. The molecule has 0 N–H and O–H groups in total. The topological polar surface area (TPSA) is 42.1 Å². The number of hydrogen-bond acceptors (Lipinski definition) is 3. The van der Waals surface area contributed by atoms with E-state index in [1.165, 1.54) is 0 Å². The fraction of sp³-hybridized carbons (Fsp3) is 0.269. The van der Waals surface area contributed by atoms with Gasteiger partial charge in [0.2, 0.25) is 0 Å². The molecule has 0 radical (unpaired) electrons. The Balaban J connectivity index is 1.70. The molecule has 4 rings (SSSR count). The van der Waals surface area contributed by atoms with E-state index in [4.69, 9.17) is 9.47 Å². The molecule has 1 aliphatic rings. The maximum Gasteiger partial charge on any atom is 0.263 e.